The minimum Gasteiger partial charge on any atom is -0.478 e. The molecule has 0 bridgehead atoms. The lowest BCUT2D eigenvalue weighted by Gasteiger charge is -2.07. The maximum Gasteiger partial charge on any atom is 0.339 e. The molecule has 1 aromatic carbocycles. The molecule has 0 unspecified atom stereocenters. The maximum absolute atomic E-state index is 10.8. The fourth-order valence-corrected chi connectivity index (χ4v) is 1.70. The van der Waals surface area contributed by atoms with Crippen molar-refractivity contribution in [2.75, 3.05) is 0 Å². The summed E-state index contributed by atoms with van der Waals surface area (Å²) in [5, 5.41) is 19.5. The van der Waals surface area contributed by atoms with Gasteiger partial charge in [0.2, 0.25) is 0 Å². The van der Waals surface area contributed by atoms with Gasteiger partial charge in [-0.2, -0.15) is 4.98 Å². The lowest BCUT2D eigenvalue weighted by atomic mass is 10.2. The number of aryl methyl sites for hydroxylation is 1. The first-order valence-corrected chi connectivity index (χ1v) is 5.95. The van der Waals surface area contributed by atoms with E-state index < -0.39 is 10.9 Å². The third-order valence-electron chi connectivity index (χ3n) is 2.52. The number of nitrogens with zero attached hydrogens (tertiary/aromatic N) is 3. The molecule has 2 aromatic rings. The monoisotopic (exact) mass is 309 g/mol. The van der Waals surface area contributed by atoms with Crippen molar-refractivity contribution in [2.24, 2.45) is 0 Å². The van der Waals surface area contributed by atoms with E-state index in [4.69, 9.17) is 21.4 Å². The molecule has 21 heavy (non-hydrogen) atoms. The first-order chi connectivity index (χ1) is 9.88. The van der Waals surface area contributed by atoms with Crippen LogP contribution in [0.3, 0.4) is 0 Å². The molecule has 0 radical (unpaired) electrons. The van der Waals surface area contributed by atoms with Gasteiger partial charge in [0.15, 0.2) is 0 Å². The van der Waals surface area contributed by atoms with Gasteiger partial charge >= 0.3 is 12.0 Å². The Morgan fingerprint density at radius 3 is 2.71 bits per heavy atom. The third-order valence-corrected chi connectivity index (χ3v) is 2.81. The van der Waals surface area contributed by atoms with E-state index in [1.165, 1.54) is 19.1 Å². The maximum atomic E-state index is 10.8. The van der Waals surface area contributed by atoms with Crippen molar-refractivity contribution in [3.8, 4) is 11.8 Å². The van der Waals surface area contributed by atoms with Crippen molar-refractivity contribution in [2.45, 2.75) is 6.92 Å². The van der Waals surface area contributed by atoms with Gasteiger partial charge in [-0.05, 0) is 13.0 Å². The van der Waals surface area contributed by atoms with E-state index in [1.54, 1.807) is 0 Å². The topological polar surface area (TPSA) is 115 Å². The van der Waals surface area contributed by atoms with Crippen LogP contribution >= 0.6 is 11.6 Å². The van der Waals surface area contributed by atoms with Crippen molar-refractivity contribution < 1.29 is 19.6 Å². The second kappa shape index (κ2) is 5.71. The van der Waals surface area contributed by atoms with Gasteiger partial charge in [-0.3, -0.25) is 10.1 Å². The van der Waals surface area contributed by atoms with Crippen molar-refractivity contribution in [1.29, 1.82) is 0 Å². The second-order valence-corrected chi connectivity index (χ2v) is 4.34. The molecule has 1 heterocycles. The Balaban J connectivity index is 2.28. The van der Waals surface area contributed by atoms with E-state index in [0.717, 1.165) is 12.3 Å². The lowest BCUT2D eigenvalue weighted by molar-refractivity contribution is -0.384. The van der Waals surface area contributed by atoms with Crippen LogP contribution in [0.25, 0.3) is 0 Å². The van der Waals surface area contributed by atoms with Gasteiger partial charge < -0.3 is 9.84 Å². The average Bonchev–Trinajstić information content (AvgIpc) is 2.40. The highest BCUT2D eigenvalue weighted by atomic mass is 35.5. The Labute approximate surface area is 123 Å². The summed E-state index contributed by atoms with van der Waals surface area (Å²) in [6.07, 6.45) is 1.11. The number of benzene rings is 1. The van der Waals surface area contributed by atoms with E-state index in [0.29, 0.717) is 0 Å². The quantitative estimate of drug-likeness (QED) is 0.681. The Bertz CT molecular complexity index is 735. The molecule has 8 nitrogen and oxygen atoms in total. The Morgan fingerprint density at radius 2 is 2.19 bits per heavy atom. The van der Waals surface area contributed by atoms with E-state index >= 15 is 0 Å². The zero-order valence-corrected chi connectivity index (χ0v) is 11.4. The Morgan fingerprint density at radius 1 is 1.48 bits per heavy atom. The number of ether oxygens (including phenoxy) is 1. The third kappa shape index (κ3) is 3.23. The Kier molecular flexibility index (Phi) is 3.99. The molecule has 0 spiro atoms. The molecule has 0 aliphatic heterocycles. The average molecular weight is 310 g/mol. The van der Waals surface area contributed by atoms with Crippen LogP contribution in [0, 0.1) is 17.0 Å². The molecule has 2 rings (SSSR count). The number of halogens is 1. The van der Waals surface area contributed by atoms with Gasteiger partial charge in [-0.15, -0.1) is 0 Å². The first-order valence-electron chi connectivity index (χ1n) is 5.57. The van der Waals surface area contributed by atoms with Crippen LogP contribution in [0.4, 0.5) is 5.69 Å². The summed E-state index contributed by atoms with van der Waals surface area (Å²) in [7, 11) is 0. The van der Waals surface area contributed by atoms with E-state index in [9.17, 15) is 14.9 Å². The molecular formula is C12H8ClN3O5. The number of rotatable bonds is 4. The number of hydrogen-bond donors (Lipinski definition) is 1. The largest absolute Gasteiger partial charge is 0.478 e. The number of carboxylic acids is 1. The van der Waals surface area contributed by atoms with Crippen molar-refractivity contribution in [3.63, 3.8) is 0 Å². The van der Waals surface area contributed by atoms with Crippen LogP contribution in [-0.2, 0) is 0 Å². The van der Waals surface area contributed by atoms with Crippen LogP contribution in [0.15, 0.2) is 24.4 Å². The number of carboxylic acid groups (broad SMARTS) is 1. The SMILES string of the molecule is Cc1nc(Oc2ccc([N+](=O)[O-])cc2Cl)ncc1C(=O)O. The molecule has 0 amide bonds. The summed E-state index contributed by atoms with van der Waals surface area (Å²) < 4.78 is 5.29. The van der Waals surface area contributed by atoms with Gasteiger partial charge in [0.25, 0.3) is 5.69 Å². The zero-order valence-electron chi connectivity index (χ0n) is 10.6. The highest BCUT2D eigenvalue weighted by Gasteiger charge is 2.14. The molecule has 1 aromatic heterocycles. The zero-order chi connectivity index (χ0) is 15.6. The van der Waals surface area contributed by atoms with Crippen molar-refractivity contribution in [3.05, 3.63) is 50.8 Å². The van der Waals surface area contributed by atoms with Crippen molar-refractivity contribution in [1.82, 2.24) is 9.97 Å². The van der Waals surface area contributed by atoms with Crippen LogP contribution in [-0.4, -0.2) is 26.0 Å². The van der Waals surface area contributed by atoms with Crippen LogP contribution < -0.4 is 4.74 Å². The summed E-state index contributed by atoms with van der Waals surface area (Å²) >= 11 is 5.87. The summed E-state index contributed by atoms with van der Waals surface area (Å²) in [4.78, 5) is 28.5. The standard InChI is InChI=1S/C12H8ClN3O5/c1-6-8(11(17)18)5-14-12(15-6)21-10-3-2-7(16(19)20)4-9(10)13/h2-5H,1H3,(H,17,18). The number of non-ortho nitro benzene ring substituents is 1. The molecule has 9 heteroatoms. The molecule has 0 saturated carbocycles. The van der Waals surface area contributed by atoms with Gasteiger partial charge in [0.1, 0.15) is 5.75 Å². The smallest absolute Gasteiger partial charge is 0.339 e. The van der Waals surface area contributed by atoms with Gasteiger partial charge in [-0.25, -0.2) is 9.78 Å². The summed E-state index contributed by atoms with van der Waals surface area (Å²) in [5.41, 5.74) is 0.00774. The van der Waals surface area contributed by atoms with Crippen LogP contribution in [0.1, 0.15) is 16.1 Å². The van der Waals surface area contributed by atoms with E-state index in [1.807, 2.05) is 0 Å². The number of nitro benzene ring substituents is 1. The van der Waals surface area contributed by atoms with Crippen LogP contribution in [0.5, 0.6) is 11.8 Å². The van der Waals surface area contributed by atoms with Gasteiger partial charge in [0, 0.05) is 18.3 Å². The molecule has 0 atom stereocenters. The Hall–Kier alpha value is -2.74. The minimum atomic E-state index is -1.15. The molecular weight excluding hydrogens is 302 g/mol. The molecule has 0 fully saturated rings. The normalized spacial score (nSPS) is 10.2. The van der Waals surface area contributed by atoms with Gasteiger partial charge in [-0.1, -0.05) is 11.6 Å². The van der Waals surface area contributed by atoms with Crippen molar-refractivity contribution >= 4 is 23.3 Å². The van der Waals surface area contributed by atoms with Gasteiger partial charge in [0.05, 0.1) is 21.2 Å². The number of aromatic nitrogens is 2. The predicted molar refractivity (Wildman–Crippen MR) is 71.9 cm³/mol. The summed E-state index contributed by atoms with van der Waals surface area (Å²) in [6.45, 7) is 1.50. The number of aromatic carboxylic acids is 1. The summed E-state index contributed by atoms with van der Waals surface area (Å²) in [6, 6.07) is 3.56. The minimum absolute atomic E-state index is 0.0211. The molecule has 108 valence electrons. The number of nitro groups is 1. The highest BCUT2D eigenvalue weighted by Crippen LogP contribution is 2.31. The first kappa shape index (κ1) is 14.7. The number of carbonyl (C=O) groups is 1. The second-order valence-electron chi connectivity index (χ2n) is 3.93. The summed E-state index contributed by atoms with van der Waals surface area (Å²) in [5.74, 6) is -1.02. The fraction of sp³-hybridized carbons (Fsp3) is 0.0833. The van der Waals surface area contributed by atoms with Crippen LogP contribution in [0.2, 0.25) is 5.02 Å². The molecule has 0 aliphatic rings. The van der Waals surface area contributed by atoms with E-state index in [-0.39, 0.29) is 33.7 Å². The molecule has 1 N–H and O–H groups in total. The molecule has 0 aliphatic carbocycles. The number of hydrogen-bond acceptors (Lipinski definition) is 6. The lowest BCUT2D eigenvalue weighted by Crippen LogP contribution is -2.04. The van der Waals surface area contributed by atoms with E-state index in [2.05, 4.69) is 9.97 Å². The molecule has 0 saturated heterocycles. The fourth-order valence-electron chi connectivity index (χ4n) is 1.49. The highest BCUT2D eigenvalue weighted by molar-refractivity contribution is 6.32. The predicted octanol–water partition coefficient (Wildman–Crippen LogP) is 2.84.